The molecule has 0 atom stereocenters. The highest BCUT2D eigenvalue weighted by molar-refractivity contribution is 14.1. The maximum absolute atomic E-state index is 12.7. The summed E-state index contributed by atoms with van der Waals surface area (Å²) in [6, 6.07) is 5.14. The monoisotopic (exact) mass is 353 g/mol. The Morgan fingerprint density at radius 2 is 2.12 bits per heavy atom. The molecule has 0 unspecified atom stereocenters. The van der Waals surface area contributed by atoms with Gasteiger partial charge in [-0.15, -0.1) is 0 Å². The minimum atomic E-state index is -2.75. The summed E-state index contributed by atoms with van der Waals surface area (Å²) in [5.74, 6) is -2.74. The molecule has 0 bridgehead atoms. The summed E-state index contributed by atoms with van der Waals surface area (Å²) in [5.41, 5.74) is 0.353. The first-order valence-corrected chi connectivity index (χ1v) is 6.02. The first kappa shape index (κ1) is 12.5. The predicted molar refractivity (Wildman–Crippen MR) is 66.6 cm³/mol. The molecule has 0 spiro atoms. The lowest BCUT2D eigenvalue weighted by Crippen LogP contribution is -2.58. The van der Waals surface area contributed by atoms with Crippen molar-refractivity contribution in [1.29, 1.82) is 0 Å². The molecule has 1 heterocycles. The van der Waals surface area contributed by atoms with Crippen molar-refractivity contribution in [3.05, 3.63) is 27.3 Å². The molecule has 17 heavy (non-hydrogen) atoms. The Morgan fingerprint density at radius 1 is 1.47 bits per heavy atom. The zero-order chi connectivity index (χ0) is 12.6. The number of nitrogens with zero attached hydrogens (tertiary/aromatic N) is 1. The van der Waals surface area contributed by atoms with Crippen LogP contribution in [0, 0.1) is 3.57 Å². The number of methoxy groups -OCH3 is 1. The number of carbonyl (C=O) groups excluding carboxylic acids is 1. The highest BCUT2D eigenvalue weighted by Crippen LogP contribution is 2.32. The van der Waals surface area contributed by atoms with E-state index in [9.17, 15) is 13.6 Å². The van der Waals surface area contributed by atoms with E-state index in [-0.39, 0.29) is 0 Å². The van der Waals surface area contributed by atoms with Gasteiger partial charge in [-0.1, -0.05) is 6.07 Å². The summed E-state index contributed by atoms with van der Waals surface area (Å²) in [6.45, 7) is -1.03. The molecule has 92 valence electrons. The Hall–Kier alpha value is -0.920. The highest BCUT2D eigenvalue weighted by Gasteiger charge is 2.47. The van der Waals surface area contributed by atoms with Gasteiger partial charge in [0.15, 0.2) is 0 Å². The number of amides is 1. The summed E-state index contributed by atoms with van der Waals surface area (Å²) in [4.78, 5) is 13.1. The first-order valence-electron chi connectivity index (χ1n) is 4.94. The standard InChI is InChI=1S/C11H10F2INO2/c1-17-8-4-2-3-7(14)9(8)10(16)15-5-11(12,13)6-15/h2-4H,5-6H2,1H3. The number of alkyl halides is 2. The van der Waals surface area contributed by atoms with Crippen LogP contribution in [0.2, 0.25) is 0 Å². The van der Waals surface area contributed by atoms with Crippen LogP contribution in [0.15, 0.2) is 18.2 Å². The first-order chi connectivity index (χ1) is 7.94. The molecule has 3 nitrogen and oxygen atoms in total. The number of likely N-dealkylation sites (tertiary alicyclic amines) is 1. The SMILES string of the molecule is COc1cccc(I)c1C(=O)N1CC(F)(F)C1. The second-order valence-electron chi connectivity index (χ2n) is 3.83. The van der Waals surface area contributed by atoms with Crippen molar-refractivity contribution in [1.82, 2.24) is 4.90 Å². The minimum Gasteiger partial charge on any atom is -0.496 e. The minimum absolute atomic E-state index is 0.353. The fourth-order valence-corrected chi connectivity index (χ4v) is 2.40. The molecule has 1 aliphatic heterocycles. The third-order valence-electron chi connectivity index (χ3n) is 2.54. The number of hydrogen-bond acceptors (Lipinski definition) is 2. The largest absolute Gasteiger partial charge is 0.496 e. The Balaban J connectivity index is 2.26. The molecule has 6 heteroatoms. The Labute approximate surface area is 111 Å². The molecule has 1 aromatic carbocycles. The van der Waals surface area contributed by atoms with E-state index in [4.69, 9.17) is 4.74 Å². The van der Waals surface area contributed by atoms with Gasteiger partial charge in [-0.25, -0.2) is 8.78 Å². The number of ether oxygens (including phenoxy) is 1. The van der Waals surface area contributed by atoms with Crippen molar-refractivity contribution in [2.75, 3.05) is 20.2 Å². The van der Waals surface area contributed by atoms with Gasteiger partial charge in [-0.05, 0) is 34.7 Å². The maximum Gasteiger partial charge on any atom is 0.282 e. The van der Waals surface area contributed by atoms with Crippen LogP contribution in [-0.2, 0) is 0 Å². The van der Waals surface area contributed by atoms with Crippen molar-refractivity contribution in [2.24, 2.45) is 0 Å². The number of carbonyl (C=O) groups is 1. The van der Waals surface area contributed by atoms with E-state index >= 15 is 0 Å². The lowest BCUT2D eigenvalue weighted by molar-refractivity contribution is -0.113. The van der Waals surface area contributed by atoms with Crippen LogP contribution in [0.5, 0.6) is 5.75 Å². The molecule has 1 amide bonds. The Kier molecular flexibility index (Phi) is 3.24. The van der Waals surface area contributed by atoms with Gasteiger partial charge < -0.3 is 9.64 Å². The number of benzene rings is 1. The second-order valence-corrected chi connectivity index (χ2v) is 5.00. The molecule has 1 fully saturated rings. The fraction of sp³-hybridized carbons (Fsp3) is 0.364. The normalized spacial score (nSPS) is 17.5. The van der Waals surface area contributed by atoms with Crippen LogP contribution in [-0.4, -0.2) is 36.9 Å². The average Bonchev–Trinajstić information content (AvgIpc) is 2.24. The van der Waals surface area contributed by atoms with Crippen molar-refractivity contribution in [3.63, 3.8) is 0 Å². The fourth-order valence-electron chi connectivity index (χ4n) is 1.70. The van der Waals surface area contributed by atoms with E-state index < -0.39 is 24.9 Å². The van der Waals surface area contributed by atoms with Crippen molar-refractivity contribution in [3.8, 4) is 5.75 Å². The molecule has 1 aromatic rings. The summed E-state index contributed by atoms with van der Waals surface area (Å²) in [5, 5.41) is 0. The van der Waals surface area contributed by atoms with E-state index in [1.54, 1.807) is 18.2 Å². The van der Waals surface area contributed by atoms with E-state index in [1.165, 1.54) is 7.11 Å². The van der Waals surface area contributed by atoms with Gasteiger partial charge in [0.05, 0.1) is 25.8 Å². The maximum atomic E-state index is 12.7. The van der Waals surface area contributed by atoms with Crippen molar-refractivity contribution < 1.29 is 18.3 Å². The van der Waals surface area contributed by atoms with Crippen LogP contribution in [0.25, 0.3) is 0 Å². The van der Waals surface area contributed by atoms with Crippen molar-refractivity contribution >= 4 is 28.5 Å². The zero-order valence-corrected chi connectivity index (χ0v) is 11.2. The van der Waals surface area contributed by atoms with Crippen LogP contribution in [0.4, 0.5) is 8.78 Å². The second kappa shape index (κ2) is 4.40. The van der Waals surface area contributed by atoms with Gasteiger partial charge >= 0.3 is 0 Å². The van der Waals surface area contributed by atoms with Gasteiger partial charge in [-0.2, -0.15) is 0 Å². The van der Waals surface area contributed by atoms with Crippen LogP contribution < -0.4 is 4.74 Å². The molecule has 1 aliphatic rings. The van der Waals surface area contributed by atoms with Crippen LogP contribution >= 0.6 is 22.6 Å². The number of halogens is 3. The average molecular weight is 353 g/mol. The van der Waals surface area contributed by atoms with Crippen molar-refractivity contribution in [2.45, 2.75) is 5.92 Å². The van der Waals surface area contributed by atoms with E-state index in [0.29, 0.717) is 14.9 Å². The van der Waals surface area contributed by atoms with E-state index in [0.717, 1.165) is 4.90 Å². The number of rotatable bonds is 2. The number of hydrogen-bond donors (Lipinski definition) is 0. The van der Waals surface area contributed by atoms with Gasteiger partial charge in [0.1, 0.15) is 5.75 Å². The molecule has 2 rings (SSSR count). The molecule has 0 aliphatic carbocycles. The molecular weight excluding hydrogens is 343 g/mol. The Bertz CT molecular complexity index is 457. The van der Waals surface area contributed by atoms with Gasteiger partial charge in [0, 0.05) is 3.57 Å². The van der Waals surface area contributed by atoms with Gasteiger partial charge in [0.2, 0.25) is 0 Å². The van der Waals surface area contributed by atoms with E-state index in [1.807, 2.05) is 22.6 Å². The quantitative estimate of drug-likeness (QED) is 0.765. The summed E-state index contributed by atoms with van der Waals surface area (Å²) < 4.78 is 31.2. The third-order valence-corrected chi connectivity index (χ3v) is 3.44. The summed E-state index contributed by atoms with van der Waals surface area (Å²) in [6.07, 6.45) is 0. The molecule has 0 aromatic heterocycles. The lowest BCUT2D eigenvalue weighted by Gasteiger charge is -2.38. The topological polar surface area (TPSA) is 29.5 Å². The molecule has 1 saturated heterocycles. The predicted octanol–water partition coefficient (Wildman–Crippen LogP) is 2.39. The summed E-state index contributed by atoms with van der Waals surface area (Å²) >= 11 is 1.99. The molecule has 0 radical (unpaired) electrons. The smallest absolute Gasteiger partial charge is 0.282 e. The molecule has 0 saturated carbocycles. The van der Waals surface area contributed by atoms with E-state index in [2.05, 4.69) is 0 Å². The third kappa shape index (κ3) is 2.36. The lowest BCUT2D eigenvalue weighted by atomic mass is 10.1. The Morgan fingerprint density at radius 3 is 2.65 bits per heavy atom. The van der Waals surface area contributed by atoms with Gasteiger partial charge in [-0.3, -0.25) is 4.79 Å². The zero-order valence-electron chi connectivity index (χ0n) is 9.04. The van der Waals surface area contributed by atoms with Gasteiger partial charge in [0.25, 0.3) is 11.8 Å². The molecular formula is C11H10F2INO2. The van der Waals surface area contributed by atoms with Crippen LogP contribution in [0.1, 0.15) is 10.4 Å². The van der Waals surface area contributed by atoms with Crippen LogP contribution in [0.3, 0.4) is 0 Å². The molecule has 0 N–H and O–H groups in total. The summed E-state index contributed by atoms with van der Waals surface area (Å²) in [7, 11) is 1.45. The highest BCUT2D eigenvalue weighted by atomic mass is 127.